The van der Waals surface area contributed by atoms with Gasteiger partial charge in [-0.15, -0.1) is 36.2 Å². The summed E-state index contributed by atoms with van der Waals surface area (Å²) in [6.07, 6.45) is 0.654. The first-order chi connectivity index (χ1) is 11.6. The predicted octanol–water partition coefficient (Wildman–Crippen LogP) is 2.84. The van der Waals surface area contributed by atoms with Crippen molar-refractivity contribution in [1.29, 1.82) is 0 Å². The number of nitrogens with zero attached hydrogens (tertiary/aromatic N) is 4. The maximum atomic E-state index is 5.64. The van der Waals surface area contributed by atoms with E-state index in [9.17, 15) is 0 Å². The zero-order valence-corrected chi connectivity index (χ0v) is 17.2. The number of hydrogen-bond acceptors (Lipinski definition) is 9. The Balaban J connectivity index is 0.00000169. The van der Waals surface area contributed by atoms with E-state index in [1.807, 2.05) is 0 Å². The number of hydrogen-bond donors (Lipinski definition) is 2. The van der Waals surface area contributed by atoms with Gasteiger partial charge in [0, 0.05) is 11.3 Å². The van der Waals surface area contributed by atoms with E-state index in [2.05, 4.69) is 44.1 Å². The molecule has 26 heavy (non-hydrogen) atoms. The summed E-state index contributed by atoms with van der Waals surface area (Å²) in [5.41, 5.74) is 7.48. The third-order valence-corrected chi connectivity index (χ3v) is 4.79. The average molecular weight is 421 g/mol. The molecule has 0 aliphatic rings. The number of halogens is 2. The zero-order chi connectivity index (χ0) is 17.1. The minimum Gasteiger partial charge on any atom is -0.472 e. The normalized spacial score (nSPS) is 10.3. The van der Waals surface area contributed by atoms with Crippen LogP contribution in [-0.2, 0) is 6.42 Å². The molecule has 0 amide bonds. The molecule has 11 heteroatoms. The van der Waals surface area contributed by atoms with E-state index in [1.54, 1.807) is 18.3 Å². The molecule has 0 aliphatic carbocycles. The topological polar surface area (TPSA) is 112 Å². The summed E-state index contributed by atoms with van der Waals surface area (Å²) in [5, 5.41) is 11.8. The van der Waals surface area contributed by atoms with Crippen molar-refractivity contribution in [2.24, 2.45) is 5.73 Å². The second-order valence-corrected chi connectivity index (χ2v) is 6.62. The largest absolute Gasteiger partial charge is 0.472 e. The molecule has 0 aromatic carbocycles. The molecule has 3 aromatic heterocycles. The Morgan fingerprint density at radius 2 is 1.92 bits per heavy atom. The van der Waals surface area contributed by atoms with Crippen LogP contribution in [0.3, 0.4) is 0 Å². The van der Waals surface area contributed by atoms with Gasteiger partial charge in [0.1, 0.15) is 28.8 Å². The van der Waals surface area contributed by atoms with Crippen molar-refractivity contribution in [1.82, 2.24) is 20.3 Å². The molecule has 0 radical (unpaired) electrons. The highest BCUT2D eigenvalue weighted by molar-refractivity contribution is 7.18. The molecule has 0 aliphatic heterocycles. The summed E-state index contributed by atoms with van der Waals surface area (Å²) in [6, 6.07) is 0. The lowest BCUT2D eigenvalue weighted by molar-refractivity contribution is 0.261. The van der Waals surface area contributed by atoms with E-state index in [-0.39, 0.29) is 24.8 Å². The van der Waals surface area contributed by atoms with Crippen LogP contribution in [0.2, 0.25) is 0 Å². The van der Waals surface area contributed by atoms with E-state index in [1.165, 1.54) is 10.4 Å². The monoisotopic (exact) mass is 420 g/mol. The minimum atomic E-state index is 0. The van der Waals surface area contributed by atoms with Gasteiger partial charge < -0.3 is 15.8 Å². The number of aryl methyl sites for hydroxylation is 3. The fourth-order valence-electron chi connectivity index (χ4n) is 2.33. The van der Waals surface area contributed by atoms with Crippen molar-refractivity contribution in [3.05, 3.63) is 22.0 Å². The van der Waals surface area contributed by atoms with Crippen LogP contribution in [-0.4, -0.2) is 40.0 Å². The fraction of sp³-hybridized carbons (Fsp3) is 0.467. The van der Waals surface area contributed by atoms with E-state index < -0.39 is 0 Å². The summed E-state index contributed by atoms with van der Waals surface area (Å²) >= 11 is 1.68. The molecule has 0 saturated carbocycles. The van der Waals surface area contributed by atoms with E-state index in [0.29, 0.717) is 37.7 Å². The van der Waals surface area contributed by atoms with E-state index in [0.717, 1.165) is 21.9 Å². The van der Waals surface area contributed by atoms with Gasteiger partial charge in [0.05, 0.1) is 11.9 Å². The second kappa shape index (κ2) is 9.86. The van der Waals surface area contributed by atoms with Gasteiger partial charge in [-0.25, -0.2) is 14.6 Å². The van der Waals surface area contributed by atoms with Gasteiger partial charge in [-0.3, -0.25) is 0 Å². The Labute approximate surface area is 167 Å². The van der Waals surface area contributed by atoms with Crippen molar-refractivity contribution in [2.75, 3.05) is 25.0 Å². The molecule has 0 atom stereocenters. The molecule has 0 bridgehead atoms. The Hall–Kier alpha value is -1.68. The van der Waals surface area contributed by atoms with Gasteiger partial charge in [-0.05, 0) is 38.0 Å². The third-order valence-electron chi connectivity index (χ3n) is 3.69. The molecule has 3 N–H and O–H groups in total. The molecular formula is C15H22Cl2N6O2S. The summed E-state index contributed by atoms with van der Waals surface area (Å²) in [4.78, 5) is 11.5. The van der Waals surface area contributed by atoms with Crippen molar-refractivity contribution in [2.45, 2.75) is 27.2 Å². The smallest absolute Gasteiger partial charge is 0.278 e. The van der Waals surface area contributed by atoms with Crippen LogP contribution < -0.4 is 15.8 Å². The van der Waals surface area contributed by atoms with Gasteiger partial charge in [0.25, 0.3) is 5.88 Å². The average Bonchev–Trinajstić information content (AvgIpc) is 3.08. The SMILES string of the molecule is Cc1nonc1OCCNc1nc(CCN)nc2sc(C)c(C)c12.Cl.Cl. The number of aromatic nitrogens is 4. The number of ether oxygens (including phenoxy) is 1. The quantitative estimate of drug-likeness (QED) is 0.560. The van der Waals surface area contributed by atoms with Crippen LogP contribution in [0.4, 0.5) is 5.82 Å². The molecule has 3 heterocycles. The predicted molar refractivity (Wildman–Crippen MR) is 107 cm³/mol. The summed E-state index contributed by atoms with van der Waals surface area (Å²) in [5.74, 6) is 1.99. The van der Waals surface area contributed by atoms with Crippen LogP contribution in [0, 0.1) is 20.8 Å². The van der Waals surface area contributed by atoms with Gasteiger partial charge in [-0.2, -0.15) is 0 Å². The molecule has 3 rings (SSSR count). The number of nitrogens with one attached hydrogen (secondary N) is 1. The summed E-state index contributed by atoms with van der Waals surface area (Å²) in [6.45, 7) is 7.49. The van der Waals surface area contributed by atoms with E-state index >= 15 is 0 Å². The highest BCUT2D eigenvalue weighted by Crippen LogP contribution is 2.33. The van der Waals surface area contributed by atoms with Crippen molar-refractivity contribution < 1.29 is 9.37 Å². The first-order valence-electron chi connectivity index (χ1n) is 7.72. The number of rotatable bonds is 7. The van der Waals surface area contributed by atoms with Gasteiger partial charge in [0.15, 0.2) is 0 Å². The van der Waals surface area contributed by atoms with Gasteiger partial charge >= 0.3 is 0 Å². The van der Waals surface area contributed by atoms with Gasteiger partial charge in [0.2, 0.25) is 0 Å². The molecular weight excluding hydrogens is 399 g/mol. The maximum Gasteiger partial charge on any atom is 0.278 e. The van der Waals surface area contributed by atoms with Crippen molar-refractivity contribution in [3.63, 3.8) is 0 Å². The lowest BCUT2D eigenvalue weighted by Crippen LogP contribution is -2.15. The molecule has 0 unspecified atom stereocenters. The van der Waals surface area contributed by atoms with Crippen molar-refractivity contribution in [3.8, 4) is 5.88 Å². The molecule has 0 saturated heterocycles. The number of thiophene rings is 1. The molecule has 8 nitrogen and oxygen atoms in total. The number of fused-ring (bicyclic) bond motifs is 1. The van der Waals surface area contributed by atoms with Crippen LogP contribution in [0.25, 0.3) is 10.2 Å². The maximum absolute atomic E-state index is 5.64. The lowest BCUT2D eigenvalue weighted by atomic mass is 10.2. The lowest BCUT2D eigenvalue weighted by Gasteiger charge is -2.09. The van der Waals surface area contributed by atoms with Crippen molar-refractivity contribution >= 4 is 52.2 Å². The minimum absolute atomic E-state index is 0. The molecule has 3 aromatic rings. The highest BCUT2D eigenvalue weighted by Gasteiger charge is 2.14. The standard InChI is InChI=1S/C15H20N6O2S.2ClH/c1-8-10(3)24-15-12(8)13(18-11(19-15)4-5-16)17-6-7-22-14-9(2)20-23-21-14;;/h4-7,16H2,1-3H3,(H,17,18,19);2*1H. The Morgan fingerprint density at radius 3 is 2.58 bits per heavy atom. The zero-order valence-electron chi connectivity index (χ0n) is 14.7. The van der Waals surface area contributed by atoms with Crippen LogP contribution in [0.1, 0.15) is 22.0 Å². The summed E-state index contributed by atoms with van der Waals surface area (Å²) < 4.78 is 10.1. The first-order valence-corrected chi connectivity index (χ1v) is 8.54. The summed E-state index contributed by atoms with van der Waals surface area (Å²) in [7, 11) is 0. The second-order valence-electron chi connectivity index (χ2n) is 5.42. The number of nitrogens with two attached hydrogens (primary N) is 1. The molecule has 0 fully saturated rings. The third kappa shape index (κ3) is 4.73. The Kier molecular flexibility index (Phi) is 8.48. The van der Waals surface area contributed by atoms with Crippen LogP contribution in [0.5, 0.6) is 5.88 Å². The van der Waals surface area contributed by atoms with Gasteiger partial charge in [-0.1, -0.05) is 5.16 Å². The Morgan fingerprint density at radius 1 is 1.15 bits per heavy atom. The van der Waals surface area contributed by atoms with E-state index in [4.69, 9.17) is 10.5 Å². The Bertz CT molecular complexity index is 854. The molecule has 144 valence electrons. The molecule has 0 spiro atoms. The number of anilines is 1. The fourth-order valence-corrected chi connectivity index (χ4v) is 3.38. The first kappa shape index (κ1) is 22.4. The highest BCUT2D eigenvalue weighted by atomic mass is 35.5. The van der Waals surface area contributed by atoms with Crippen LogP contribution >= 0.6 is 36.2 Å². The van der Waals surface area contributed by atoms with Crippen LogP contribution in [0.15, 0.2) is 4.63 Å².